The van der Waals surface area contributed by atoms with Crippen LogP contribution in [0, 0.1) is 0 Å². The second-order valence-electron chi connectivity index (χ2n) is 3.72. The maximum atomic E-state index is 11.0. The van der Waals surface area contributed by atoms with E-state index < -0.39 is 12.2 Å². The molecule has 0 bridgehead atoms. The summed E-state index contributed by atoms with van der Waals surface area (Å²) >= 11 is 0. The van der Waals surface area contributed by atoms with Gasteiger partial charge in [-0.15, -0.1) is 0 Å². The van der Waals surface area contributed by atoms with Gasteiger partial charge in [-0.2, -0.15) is 4.98 Å². The highest BCUT2D eigenvalue weighted by Crippen LogP contribution is 2.02. The average Bonchev–Trinajstić information content (AvgIpc) is 3.03. The van der Waals surface area contributed by atoms with Crippen molar-refractivity contribution in [3.8, 4) is 0 Å². The van der Waals surface area contributed by atoms with Crippen molar-refractivity contribution < 1.29 is 20.1 Å². The van der Waals surface area contributed by atoms with Gasteiger partial charge in [-0.1, -0.05) is 0 Å². The zero-order valence-electron chi connectivity index (χ0n) is 10.8. The van der Waals surface area contributed by atoms with Crippen LogP contribution < -0.4 is 11.3 Å². The Balaban J connectivity index is 0.000000193. The lowest BCUT2D eigenvalue weighted by Gasteiger charge is -2.00. The van der Waals surface area contributed by atoms with E-state index in [1.54, 1.807) is 0 Å². The molecule has 7 N–H and O–H groups in total. The number of ether oxygens (including phenoxy) is 1. The molecule has 2 aromatic heterocycles. The normalized spacial score (nSPS) is 20.8. The first kappa shape index (κ1) is 16.0. The molecule has 112 valence electrons. The smallest absolute Gasteiger partial charge is 0.278 e. The minimum atomic E-state index is -0.653. The molecule has 0 aliphatic carbocycles. The fraction of sp³-hybridized carbons (Fsp3) is 0.500. The molecule has 10 heteroatoms. The second kappa shape index (κ2) is 7.55. The Morgan fingerprint density at radius 1 is 1.35 bits per heavy atom. The van der Waals surface area contributed by atoms with Crippen LogP contribution >= 0.6 is 0 Å². The number of rotatable bonds is 0. The predicted octanol–water partition coefficient (Wildman–Crippen LogP) is -2.42. The van der Waals surface area contributed by atoms with Gasteiger partial charge in [0, 0.05) is 7.11 Å². The Bertz CT molecular complexity index is 575. The Labute approximate surface area is 113 Å². The van der Waals surface area contributed by atoms with Crippen molar-refractivity contribution in [3.05, 3.63) is 16.7 Å². The fourth-order valence-corrected chi connectivity index (χ4v) is 1.39. The number of aromatic nitrogens is 4. The number of fused-ring (bicyclic) bond motifs is 1. The number of nitrogen functional groups attached to an aromatic ring is 1. The van der Waals surface area contributed by atoms with Crippen LogP contribution in [0.3, 0.4) is 0 Å². The fourth-order valence-electron chi connectivity index (χ4n) is 1.39. The molecule has 3 heterocycles. The summed E-state index contributed by atoms with van der Waals surface area (Å²) in [4.78, 5) is 23.5. The monoisotopic (exact) mass is 287 g/mol. The number of aliphatic hydroxyl groups excluding tert-OH is 3. The van der Waals surface area contributed by atoms with Crippen molar-refractivity contribution >= 4 is 17.1 Å². The SMILES string of the molecule is CO.Nc1nc2nc[nH]c2c(=O)[nH]1.OC1COCC1O. The first-order valence-corrected chi connectivity index (χ1v) is 5.65. The number of nitrogens with one attached hydrogen (secondary N) is 2. The Hall–Kier alpha value is -2.01. The van der Waals surface area contributed by atoms with Crippen LogP contribution in [-0.2, 0) is 4.74 Å². The lowest BCUT2D eigenvalue weighted by atomic mass is 10.3. The summed E-state index contributed by atoms with van der Waals surface area (Å²) in [6.07, 6.45) is 0.0896. The number of H-pyrrole nitrogens is 2. The molecule has 10 nitrogen and oxygen atoms in total. The molecule has 2 unspecified atom stereocenters. The minimum absolute atomic E-state index is 0.0783. The number of anilines is 1. The highest BCUT2D eigenvalue weighted by atomic mass is 16.5. The minimum Gasteiger partial charge on any atom is -0.400 e. The molecule has 0 radical (unpaired) electrons. The van der Waals surface area contributed by atoms with Gasteiger partial charge in [0.15, 0.2) is 11.2 Å². The van der Waals surface area contributed by atoms with Gasteiger partial charge in [-0.05, 0) is 0 Å². The summed E-state index contributed by atoms with van der Waals surface area (Å²) in [5.74, 6) is 0.0783. The zero-order chi connectivity index (χ0) is 15.1. The van der Waals surface area contributed by atoms with Crippen LogP contribution in [0.1, 0.15) is 0 Å². The van der Waals surface area contributed by atoms with Crippen LogP contribution in [0.2, 0.25) is 0 Å². The summed E-state index contributed by atoms with van der Waals surface area (Å²) in [6.45, 7) is 0.558. The third-order valence-corrected chi connectivity index (χ3v) is 2.34. The first-order valence-electron chi connectivity index (χ1n) is 5.65. The molecule has 1 aliphatic rings. The van der Waals surface area contributed by atoms with E-state index in [-0.39, 0.29) is 24.7 Å². The van der Waals surface area contributed by atoms with E-state index in [0.29, 0.717) is 11.2 Å². The quantitative estimate of drug-likeness (QED) is 0.310. The van der Waals surface area contributed by atoms with E-state index >= 15 is 0 Å². The van der Waals surface area contributed by atoms with Gasteiger partial charge in [0.05, 0.1) is 19.5 Å². The molecule has 0 spiro atoms. The molecular formula is C10H17N5O5. The highest BCUT2D eigenvalue weighted by Gasteiger charge is 2.22. The molecule has 20 heavy (non-hydrogen) atoms. The van der Waals surface area contributed by atoms with Crippen LogP contribution in [-0.4, -0.2) is 67.8 Å². The lowest BCUT2D eigenvalue weighted by molar-refractivity contribution is 0.0572. The van der Waals surface area contributed by atoms with Crippen molar-refractivity contribution in [2.45, 2.75) is 12.2 Å². The number of imidazole rings is 1. The molecule has 2 atom stereocenters. The second-order valence-corrected chi connectivity index (χ2v) is 3.72. The number of nitrogens with two attached hydrogens (primary N) is 1. The molecule has 0 saturated carbocycles. The van der Waals surface area contributed by atoms with Crippen molar-refractivity contribution in [2.75, 3.05) is 26.1 Å². The molecule has 0 amide bonds. The molecule has 3 rings (SSSR count). The number of hydrogen-bond acceptors (Lipinski definition) is 8. The Kier molecular flexibility index (Phi) is 6.06. The molecule has 1 aliphatic heterocycles. The Morgan fingerprint density at radius 2 is 1.95 bits per heavy atom. The average molecular weight is 287 g/mol. The molecule has 2 aromatic rings. The summed E-state index contributed by atoms with van der Waals surface area (Å²) in [7, 11) is 1.00. The van der Waals surface area contributed by atoms with Gasteiger partial charge in [0.1, 0.15) is 12.2 Å². The number of nitrogens with zero attached hydrogens (tertiary/aromatic N) is 2. The maximum Gasteiger partial charge on any atom is 0.278 e. The van der Waals surface area contributed by atoms with Crippen LogP contribution in [0.4, 0.5) is 5.95 Å². The largest absolute Gasteiger partial charge is 0.400 e. The number of aliphatic hydroxyl groups is 3. The predicted molar refractivity (Wildman–Crippen MR) is 69.9 cm³/mol. The summed E-state index contributed by atoms with van der Waals surface area (Å²) < 4.78 is 4.67. The molecule has 1 saturated heterocycles. The van der Waals surface area contributed by atoms with Crippen molar-refractivity contribution in [1.29, 1.82) is 0 Å². The first-order chi connectivity index (χ1) is 9.58. The van der Waals surface area contributed by atoms with Crippen molar-refractivity contribution in [3.63, 3.8) is 0 Å². The molecular weight excluding hydrogens is 270 g/mol. The summed E-state index contributed by atoms with van der Waals surface area (Å²) in [5, 5.41) is 24.2. The van der Waals surface area contributed by atoms with E-state index in [9.17, 15) is 4.79 Å². The van der Waals surface area contributed by atoms with E-state index in [4.69, 9.17) is 21.1 Å². The van der Waals surface area contributed by atoms with Crippen LogP contribution in [0.5, 0.6) is 0 Å². The van der Waals surface area contributed by atoms with Gasteiger partial charge in [-0.25, -0.2) is 4.98 Å². The van der Waals surface area contributed by atoms with Crippen LogP contribution in [0.15, 0.2) is 11.1 Å². The third kappa shape index (κ3) is 3.99. The van der Waals surface area contributed by atoms with Crippen LogP contribution in [0.25, 0.3) is 11.2 Å². The van der Waals surface area contributed by atoms with Gasteiger partial charge in [0.25, 0.3) is 5.56 Å². The zero-order valence-corrected chi connectivity index (χ0v) is 10.8. The number of hydrogen-bond donors (Lipinski definition) is 6. The number of aromatic amines is 2. The van der Waals surface area contributed by atoms with Gasteiger partial charge in [0.2, 0.25) is 5.95 Å². The van der Waals surface area contributed by atoms with E-state index in [0.717, 1.165) is 7.11 Å². The van der Waals surface area contributed by atoms with Crippen molar-refractivity contribution in [2.24, 2.45) is 0 Å². The van der Waals surface area contributed by atoms with Gasteiger partial charge >= 0.3 is 0 Å². The summed E-state index contributed by atoms with van der Waals surface area (Å²) in [6, 6.07) is 0. The van der Waals surface area contributed by atoms with E-state index in [1.165, 1.54) is 6.33 Å². The van der Waals surface area contributed by atoms with Crippen molar-refractivity contribution in [1.82, 2.24) is 19.9 Å². The lowest BCUT2D eigenvalue weighted by Crippen LogP contribution is -2.22. The maximum absolute atomic E-state index is 11.0. The van der Waals surface area contributed by atoms with E-state index in [1.807, 2.05) is 0 Å². The molecule has 0 aromatic carbocycles. The summed E-state index contributed by atoms with van der Waals surface area (Å²) in [5.41, 5.74) is 5.65. The van der Waals surface area contributed by atoms with E-state index in [2.05, 4.69) is 24.7 Å². The topological polar surface area (TPSA) is 170 Å². The van der Waals surface area contributed by atoms with Gasteiger partial charge in [-0.3, -0.25) is 9.78 Å². The van der Waals surface area contributed by atoms with Gasteiger partial charge < -0.3 is 30.8 Å². The Morgan fingerprint density at radius 3 is 2.45 bits per heavy atom. The molecule has 1 fully saturated rings. The highest BCUT2D eigenvalue weighted by molar-refractivity contribution is 5.69. The standard InChI is InChI=1S/C5H5N5O.C4H8O3.CH4O/c6-5-9-3-2(4(11)10-5)7-1-8-3;5-3-1-7-2-4(3)6;1-2/h1H,(H4,6,7,8,9,10,11);3-6H,1-2H2;2H,1H3. The third-order valence-electron chi connectivity index (χ3n) is 2.34.